The van der Waals surface area contributed by atoms with Crippen molar-refractivity contribution in [2.45, 2.75) is 61.9 Å². The first-order chi connectivity index (χ1) is 18.4. The Morgan fingerprint density at radius 2 is 1.95 bits per heavy atom. The van der Waals surface area contributed by atoms with Crippen LogP contribution in [0, 0.1) is 6.92 Å². The highest BCUT2D eigenvalue weighted by atomic mass is 35.5. The van der Waals surface area contributed by atoms with Gasteiger partial charge in [-0.3, -0.25) is 4.79 Å². The standard InChI is InChI=1S/C27H29ClF2N4O3S2/c1-17-5-7-20(8-6-17)21-12-19(13-24(32-21)33-11-3-4-18(33)2)15-31-26(35)22-14-27(29,30)16-34(22)39(36,37)25-10-9-23(28)38-25/h5-10,12-13,18,22H,3-4,11,14-16H2,1-2H3,(H,31,35)/t18?,22-/m0/s1. The maximum absolute atomic E-state index is 14.4. The van der Waals surface area contributed by atoms with E-state index in [1.54, 1.807) is 0 Å². The maximum Gasteiger partial charge on any atom is 0.263 e. The molecule has 1 N–H and O–H groups in total. The minimum absolute atomic E-state index is 0.0379. The summed E-state index contributed by atoms with van der Waals surface area (Å²) in [6, 6.07) is 13.1. The van der Waals surface area contributed by atoms with Crippen LogP contribution in [-0.2, 0) is 21.4 Å². The highest BCUT2D eigenvalue weighted by molar-refractivity contribution is 7.91. The molecule has 2 fully saturated rings. The van der Waals surface area contributed by atoms with Crippen molar-refractivity contribution in [2.24, 2.45) is 0 Å². The number of hydrogen-bond donors (Lipinski definition) is 1. The molecule has 1 amide bonds. The molecule has 1 unspecified atom stereocenters. The Labute approximate surface area is 235 Å². The number of sulfonamides is 1. The van der Waals surface area contributed by atoms with E-state index in [9.17, 15) is 22.0 Å². The molecule has 2 atom stereocenters. The van der Waals surface area contributed by atoms with Gasteiger partial charge in [0.2, 0.25) is 5.91 Å². The monoisotopic (exact) mass is 594 g/mol. The molecule has 4 heterocycles. The Kier molecular flexibility index (Phi) is 7.71. The number of carbonyl (C=O) groups excluding carboxylic acids is 1. The fourth-order valence-electron chi connectivity index (χ4n) is 5.09. The Hall–Kier alpha value is -2.60. The zero-order chi connectivity index (χ0) is 27.9. The summed E-state index contributed by atoms with van der Waals surface area (Å²) in [4.78, 5) is 20.3. The first kappa shape index (κ1) is 27.9. The van der Waals surface area contributed by atoms with Gasteiger partial charge in [-0.1, -0.05) is 41.4 Å². The molecule has 0 spiro atoms. The van der Waals surface area contributed by atoms with Gasteiger partial charge in [-0.05, 0) is 56.5 Å². The Balaban J connectivity index is 1.40. The van der Waals surface area contributed by atoms with Crippen LogP contribution in [0.15, 0.2) is 52.7 Å². The second kappa shape index (κ2) is 10.8. The lowest BCUT2D eigenvalue weighted by Crippen LogP contribution is -2.45. The van der Waals surface area contributed by atoms with E-state index >= 15 is 0 Å². The van der Waals surface area contributed by atoms with Crippen LogP contribution in [-0.4, -0.2) is 54.7 Å². The van der Waals surface area contributed by atoms with E-state index in [2.05, 4.69) is 17.1 Å². The third-order valence-electron chi connectivity index (χ3n) is 7.17. The van der Waals surface area contributed by atoms with Gasteiger partial charge in [-0.15, -0.1) is 11.3 Å². The van der Waals surface area contributed by atoms with Gasteiger partial charge in [-0.25, -0.2) is 22.2 Å². The number of anilines is 1. The molecule has 2 saturated heterocycles. The topological polar surface area (TPSA) is 82.6 Å². The number of carbonyl (C=O) groups is 1. The van der Waals surface area contributed by atoms with Crippen LogP contribution < -0.4 is 10.2 Å². The van der Waals surface area contributed by atoms with Crippen molar-refractivity contribution in [1.29, 1.82) is 0 Å². The Morgan fingerprint density at radius 1 is 1.21 bits per heavy atom. The zero-order valence-electron chi connectivity index (χ0n) is 21.5. The minimum Gasteiger partial charge on any atom is -0.354 e. The van der Waals surface area contributed by atoms with E-state index in [1.807, 2.05) is 43.3 Å². The smallest absolute Gasteiger partial charge is 0.263 e. The number of nitrogens with one attached hydrogen (secondary N) is 1. The summed E-state index contributed by atoms with van der Waals surface area (Å²) < 4.78 is 55.7. The SMILES string of the molecule is Cc1ccc(-c2cc(CNC(=O)[C@@H]3CC(F)(F)CN3S(=O)(=O)c3ccc(Cl)s3)cc(N3CCCC3C)n2)cc1. The average molecular weight is 595 g/mol. The van der Waals surface area contributed by atoms with Gasteiger partial charge in [0.15, 0.2) is 0 Å². The van der Waals surface area contributed by atoms with Gasteiger partial charge in [0, 0.05) is 31.1 Å². The molecule has 0 radical (unpaired) electrons. The largest absolute Gasteiger partial charge is 0.354 e. The molecule has 5 rings (SSSR count). The first-order valence-corrected chi connectivity index (χ1v) is 15.3. The van der Waals surface area contributed by atoms with Gasteiger partial charge in [0.1, 0.15) is 16.1 Å². The van der Waals surface area contributed by atoms with Crippen LogP contribution in [0.2, 0.25) is 4.34 Å². The summed E-state index contributed by atoms with van der Waals surface area (Å²) in [5.41, 5.74) is 3.52. The lowest BCUT2D eigenvalue weighted by Gasteiger charge is -2.24. The minimum atomic E-state index is -4.33. The number of rotatable bonds is 7. The van der Waals surface area contributed by atoms with Gasteiger partial charge in [-0.2, -0.15) is 4.31 Å². The molecule has 7 nitrogen and oxygen atoms in total. The number of halogens is 3. The summed E-state index contributed by atoms with van der Waals surface area (Å²) in [5.74, 6) is -3.32. The number of amides is 1. The molecule has 2 aliphatic rings. The highest BCUT2D eigenvalue weighted by Gasteiger charge is 2.53. The Bertz CT molecular complexity index is 1480. The van der Waals surface area contributed by atoms with Crippen LogP contribution in [0.1, 0.15) is 37.3 Å². The fraction of sp³-hybridized carbons (Fsp3) is 0.407. The van der Waals surface area contributed by atoms with Crippen molar-refractivity contribution in [3.05, 3.63) is 64.0 Å². The van der Waals surface area contributed by atoms with Crippen molar-refractivity contribution in [3.63, 3.8) is 0 Å². The van der Waals surface area contributed by atoms with E-state index in [1.165, 1.54) is 12.1 Å². The number of alkyl halides is 2. The number of thiophene rings is 1. The van der Waals surface area contributed by atoms with Gasteiger partial charge in [0.05, 0.1) is 16.6 Å². The molecule has 3 aromatic rings. The van der Waals surface area contributed by atoms with Crippen molar-refractivity contribution in [1.82, 2.24) is 14.6 Å². The van der Waals surface area contributed by atoms with E-state index in [-0.39, 0.29) is 15.1 Å². The predicted molar refractivity (Wildman–Crippen MR) is 149 cm³/mol. The third kappa shape index (κ3) is 5.96. The zero-order valence-corrected chi connectivity index (χ0v) is 23.9. The molecular formula is C27H29ClF2N4O3S2. The molecule has 2 aliphatic heterocycles. The lowest BCUT2D eigenvalue weighted by molar-refractivity contribution is -0.124. The number of benzene rings is 1. The molecule has 39 heavy (non-hydrogen) atoms. The number of aryl methyl sites for hydroxylation is 1. The van der Waals surface area contributed by atoms with E-state index in [0.29, 0.717) is 10.3 Å². The van der Waals surface area contributed by atoms with Crippen LogP contribution >= 0.6 is 22.9 Å². The summed E-state index contributed by atoms with van der Waals surface area (Å²) in [7, 11) is -4.33. The highest BCUT2D eigenvalue weighted by Crippen LogP contribution is 2.38. The summed E-state index contributed by atoms with van der Waals surface area (Å²) in [6.07, 6.45) is 1.22. The van der Waals surface area contributed by atoms with Crippen LogP contribution in [0.4, 0.5) is 14.6 Å². The molecule has 2 aromatic heterocycles. The van der Waals surface area contributed by atoms with Crippen molar-refractivity contribution >= 4 is 44.7 Å². The normalized spacial score (nSPS) is 21.4. The predicted octanol–water partition coefficient (Wildman–Crippen LogP) is 5.48. The third-order valence-corrected chi connectivity index (χ3v) is 10.7. The molecule has 0 bridgehead atoms. The summed E-state index contributed by atoms with van der Waals surface area (Å²) in [6.45, 7) is 3.99. The second-order valence-electron chi connectivity index (χ2n) is 10.2. The number of aromatic nitrogens is 1. The summed E-state index contributed by atoms with van der Waals surface area (Å²) in [5, 5.41) is 2.71. The molecular weight excluding hydrogens is 566 g/mol. The Morgan fingerprint density at radius 3 is 2.59 bits per heavy atom. The fourth-order valence-corrected chi connectivity index (χ4v) is 8.32. The molecule has 12 heteroatoms. The van der Waals surface area contributed by atoms with Gasteiger partial charge < -0.3 is 10.2 Å². The quantitative estimate of drug-likeness (QED) is 0.392. The number of hydrogen-bond acceptors (Lipinski definition) is 6. The molecule has 0 aliphatic carbocycles. The lowest BCUT2D eigenvalue weighted by atomic mass is 10.1. The van der Waals surface area contributed by atoms with Crippen LogP contribution in [0.5, 0.6) is 0 Å². The van der Waals surface area contributed by atoms with Gasteiger partial charge >= 0.3 is 0 Å². The number of nitrogens with zero attached hydrogens (tertiary/aromatic N) is 3. The van der Waals surface area contributed by atoms with Crippen molar-refractivity contribution < 1.29 is 22.0 Å². The van der Waals surface area contributed by atoms with E-state index in [4.69, 9.17) is 16.6 Å². The van der Waals surface area contributed by atoms with Gasteiger partial charge in [0.25, 0.3) is 15.9 Å². The van der Waals surface area contributed by atoms with E-state index < -0.39 is 40.9 Å². The summed E-state index contributed by atoms with van der Waals surface area (Å²) >= 11 is 6.65. The molecule has 0 saturated carbocycles. The van der Waals surface area contributed by atoms with Crippen LogP contribution in [0.25, 0.3) is 11.3 Å². The van der Waals surface area contributed by atoms with Crippen molar-refractivity contribution in [2.75, 3.05) is 18.0 Å². The van der Waals surface area contributed by atoms with E-state index in [0.717, 1.165) is 58.9 Å². The maximum atomic E-state index is 14.4. The van der Waals surface area contributed by atoms with Crippen molar-refractivity contribution in [3.8, 4) is 11.3 Å². The average Bonchev–Trinajstić information content (AvgIpc) is 3.61. The first-order valence-electron chi connectivity index (χ1n) is 12.7. The number of pyridine rings is 1. The molecule has 208 valence electrons. The van der Waals surface area contributed by atoms with Crippen LogP contribution in [0.3, 0.4) is 0 Å². The molecule has 1 aromatic carbocycles. The second-order valence-corrected chi connectivity index (χ2v) is 14.0.